The first kappa shape index (κ1) is 28.9. The van der Waals surface area contributed by atoms with Gasteiger partial charge in [-0.2, -0.15) is 0 Å². The summed E-state index contributed by atoms with van der Waals surface area (Å²) in [5.74, 6) is 1.16. The summed E-state index contributed by atoms with van der Waals surface area (Å²) in [6, 6.07) is 5.70. The SMILES string of the molecule is CCCCN(CCCC)SSSSSSSN(C)C(=O)Oc1cccc2c1OC(C)(C)C2. The van der Waals surface area contributed by atoms with E-state index in [2.05, 4.69) is 18.2 Å². The van der Waals surface area contributed by atoms with E-state index < -0.39 is 6.09 Å². The quantitative estimate of drug-likeness (QED) is 0.115. The summed E-state index contributed by atoms with van der Waals surface area (Å²) in [6.45, 7) is 10.8. The second-order valence-electron chi connectivity index (χ2n) is 7.77. The highest BCUT2D eigenvalue weighted by molar-refractivity contribution is 9.45. The molecule has 1 amide bonds. The van der Waals surface area contributed by atoms with Gasteiger partial charge in [-0.1, -0.05) is 38.8 Å². The average molecular weight is 573 g/mol. The number of benzene rings is 1. The molecule has 1 heterocycles. The van der Waals surface area contributed by atoms with Gasteiger partial charge in [0.1, 0.15) is 5.60 Å². The maximum absolute atomic E-state index is 12.5. The molecule has 12 heteroatoms. The molecular formula is C20H32N2O3S7. The minimum atomic E-state index is -0.408. The zero-order chi connectivity index (χ0) is 23.4. The van der Waals surface area contributed by atoms with E-state index in [4.69, 9.17) is 9.47 Å². The monoisotopic (exact) mass is 572 g/mol. The topological polar surface area (TPSA) is 42.0 Å². The van der Waals surface area contributed by atoms with Crippen LogP contribution in [0.2, 0.25) is 0 Å². The summed E-state index contributed by atoms with van der Waals surface area (Å²) in [5.41, 5.74) is 0.805. The molecule has 0 unspecified atom stereocenters. The standard InChI is InChI=1S/C20H32N2O3S7/c1-6-8-13-22(14-9-7-2)27-29-31-32-30-28-26-21(5)19(23)24-17-12-10-11-16-15-20(3,4)25-18(16)17/h10-12H,6-9,13-15H2,1-5H3. The highest BCUT2D eigenvalue weighted by Crippen LogP contribution is 2.56. The van der Waals surface area contributed by atoms with E-state index in [1.165, 1.54) is 41.0 Å². The number of nitrogens with zero attached hydrogens (tertiary/aromatic N) is 2. The van der Waals surface area contributed by atoms with Crippen molar-refractivity contribution >= 4 is 77.2 Å². The number of para-hydroxylation sites is 1. The molecule has 1 aromatic carbocycles. The molecule has 1 aliphatic heterocycles. The number of carbonyl (C=O) groups excluding carboxylic acids is 1. The predicted molar refractivity (Wildman–Crippen MR) is 153 cm³/mol. The lowest BCUT2D eigenvalue weighted by atomic mass is 10.0. The first-order chi connectivity index (χ1) is 15.4. The molecular weight excluding hydrogens is 541 g/mol. The van der Waals surface area contributed by atoms with Gasteiger partial charge in [-0.3, -0.25) is 0 Å². The molecule has 0 bridgehead atoms. The summed E-state index contributed by atoms with van der Waals surface area (Å²) >= 11 is 0. The lowest BCUT2D eigenvalue weighted by Gasteiger charge is -2.19. The van der Waals surface area contributed by atoms with Gasteiger partial charge in [0.05, 0.1) is 0 Å². The molecule has 0 aliphatic carbocycles. The number of carbonyl (C=O) groups is 1. The Morgan fingerprint density at radius 2 is 1.66 bits per heavy atom. The number of fused-ring (bicyclic) bond motifs is 1. The fraction of sp³-hybridized carbons (Fsp3) is 0.650. The van der Waals surface area contributed by atoms with Gasteiger partial charge in [-0.15, -0.1) is 0 Å². The van der Waals surface area contributed by atoms with Crippen LogP contribution in [0.3, 0.4) is 0 Å². The Kier molecular flexibility index (Phi) is 14.1. The van der Waals surface area contributed by atoms with Gasteiger partial charge >= 0.3 is 6.09 Å². The lowest BCUT2D eigenvalue weighted by Crippen LogP contribution is -2.25. The second-order valence-corrected chi connectivity index (χ2v) is 18.9. The van der Waals surface area contributed by atoms with Gasteiger partial charge in [0, 0.05) is 103 Å². The fourth-order valence-corrected chi connectivity index (χ4v) is 16.5. The average Bonchev–Trinajstić information content (AvgIpc) is 3.09. The van der Waals surface area contributed by atoms with E-state index in [9.17, 15) is 4.79 Å². The van der Waals surface area contributed by atoms with Crippen molar-refractivity contribution in [2.24, 2.45) is 0 Å². The van der Waals surface area contributed by atoms with Crippen LogP contribution >= 0.6 is 71.1 Å². The zero-order valence-corrected chi connectivity index (χ0v) is 24.9. The fourth-order valence-electron chi connectivity index (χ4n) is 2.86. The molecule has 32 heavy (non-hydrogen) atoms. The van der Waals surface area contributed by atoms with Crippen molar-refractivity contribution in [2.45, 2.75) is 65.4 Å². The van der Waals surface area contributed by atoms with Crippen molar-refractivity contribution in [2.75, 3.05) is 20.1 Å². The van der Waals surface area contributed by atoms with Crippen LogP contribution in [0.5, 0.6) is 11.5 Å². The molecule has 0 radical (unpaired) electrons. The molecule has 0 N–H and O–H groups in total. The molecule has 2 rings (SSSR count). The maximum Gasteiger partial charge on any atom is 0.425 e. The Balaban J connectivity index is 1.62. The highest BCUT2D eigenvalue weighted by atomic mass is 33.9. The van der Waals surface area contributed by atoms with Crippen molar-refractivity contribution in [1.29, 1.82) is 0 Å². The maximum atomic E-state index is 12.5. The lowest BCUT2D eigenvalue weighted by molar-refractivity contribution is 0.132. The van der Waals surface area contributed by atoms with Gasteiger partial charge in [0.25, 0.3) is 0 Å². The summed E-state index contributed by atoms with van der Waals surface area (Å²) in [5, 5.41) is 0. The van der Waals surface area contributed by atoms with E-state index in [0.29, 0.717) is 11.5 Å². The Morgan fingerprint density at radius 1 is 1.03 bits per heavy atom. The van der Waals surface area contributed by atoms with Gasteiger partial charge in [-0.05, 0) is 32.8 Å². The number of hydrogen-bond donors (Lipinski definition) is 0. The Hall–Kier alpha value is 0.700. The number of unbranched alkanes of at least 4 members (excludes halogenated alkanes) is 2. The molecule has 5 nitrogen and oxygen atoms in total. The summed E-state index contributed by atoms with van der Waals surface area (Å²) < 4.78 is 15.5. The molecule has 1 aliphatic rings. The molecule has 0 fully saturated rings. The van der Waals surface area contributed by atoms with Gasteiger partial charge in [0.2, 0.25) is 0 Å². The molecule has 0 saturated carbocycles. The molecule has 182 valence electrons. The van der Waals surface area contributed by atoms with E-state index in [1.54, 1.807) is 62.2 Å². The van der Waals surface area contributed by atoms with E-state index in [1.807, 2.05) is 37.0 Å². The normalized spacial score (nSPS) is 14.3. The van der Waals surface area contributed by atoms with E-state index >= 15 is 0 Å². The molecule has 0 spiro atoms. The van der Waals surface area contributed by atoms with E-state index in [-0.39, 0.29) is 5.60 Å². The number of ether oxygens (including phenoxy) is 2. The summed E-state index contributed by atoms with van der Waals surface area (Å²) in [4.78, 5) is 12.5. The predicted octanol–water partition coefficient (Wildman–Crippen LogP) is 9.19. The third kappa shape index (κ3) is 10.5. The second kappa shape index (κ2) is 15.6. The van der Waals surface area contributed by atoms with Crippen LogP contribution in [-0.4, -0.2) is 40.4 Å². The van der Waals surface area contributed by atoms with Crippen LogP contribution in [0.4, 0.5) is 4.79 Å². The van der Waals surface area contributed by atoms with Crippen molar-refractivity contribution in [3.8, 4) is 11.5 Å². The van der Waals surface area contributed by atoms with Gasteiger partial charge < -0.3 is 9.47 Å². The van der Waals surface area contributed by atoms with Gasteiger partial charge in [0.15, 0.2) is 11.5 Å². The highest BCUT2D eigenvalue weighted by Gasteiger charge is 2.33. The third-order valence-electron chi connectivity index (χ3n) is 4.42. The number of hydrogen-bond acceptors (Lipinski definition) is 11. The first-order valence-corrected chi connectivity index (χ1v) is 19.3. The van der Waals surface area contributed by atoms with Crippen LogP contribution in [-0.2, 0) is 6.42 Å². The Bertz CT molecular complexity index is 704. The largest absolute Gasteiger partial charge is 0.483 e. The minimum absolute atomic E-state index is 0.272. The zero-order valence-electron chi connectivity index (χ0n) is 19.2. The molecule has 1 aromatic rings. The smallest absolute Gasteiger partial charge is 0.425 e. The minimum Gasteiger partial charge on any atom is -0.483 e. The number of amides is 1. The van der Waals surface area contributed by atoms with Crippen LogP contribution < -0.4 is 9.47 Å². The van der Waals surface area contributed by atoms with Crippen molar-refractivity contribution in [3.63, 3.8) is 0 Å². The number of rotatable bonds is 15. The van der Waals surface area contributed by atoms with Crippen LogP contribution in [0.1, 0.15) is 58.9 Å². The summed E-state index contributed by atoms with van der Waals surface area (Å²) in [7, 11) is 13.4. The first-order valence-electron chi connectivity index (χ1n) is 10.6. The van der Waals surface area contributed by atoms with Crippen LogP contribution in [0.15, 0.2) is 18.2 Å². The van der Waals surface area contributed by atoms with Gasteiger partial charge in [-0.25, -0.2) is 13.4 Å². The van der Waals surface area contributed by atoms with Crippen LogP contribution in [0, 0.1) is 0 Å². The Morgan fingerprint density at radius 3 is 2.31 bits per heavy atom. The molecule has 0 saturated heterocycles. The Labute approximate surface area is 219 Å². The molecule has 0 atom stereocenters. The van der Waals surface area contributed by atoms with Crippen molar-refractivity contribution in [3.05, 3.63) is 23.8 Å². The third-order valence-corrected chi connectivity index (χ3v) is 17.1. The van der Waals surface area contributed by atoms with Crippen molar-refractivity contribution in [1.82, 2.24) is 8.61 Å². The van der Waals surface area contributed by atoms with Crippen LogP contribution in [0.25, 0.3) is 0 Å². The summed E-state index contributed by atoms with van der Waals surface area (Å²) in [6.07, 6.45) is 5.35. The molecule has 0 aromatic heterocycles. The van der Waals surface area contributed by atoms with Crippen molar-refractivity contribution < 1.29 is 14.3 Å². The van der Waals surface area contributed by atoms with E-state index in [0.717, 1.165) is 25.1 Å².